The Labute approximate surface area is 166 Å². The van der Waals surface area contributed by atoms with Gasteiger partial charge in [-0.2, -0.15) is 0 Å². The molecule has 1 unspecified atom stereocenters. The van der Waals surface area contributed by atoms with Gasteiger partial charge in [0.05, 0.1) is 0 Å². The lowest BCUT2D eigenvalue weighted by molar-refractivity contribution is -0.130. The topological polar surface area (TPSA) is 56.7 Å². The van der Waals surface area contributed by atoms with Crippen molar-refractivity contribution in [1.82, 2.24) is 15.5 Å². The van der Waals surface area contributed by atoms with Crippen LogP contribution in [0.1, 0.15) is 43.9 Å². The van der Waals surface area contributed by atoms with E-state index in [1.54, 1.807) is 11.3 Å². The number of amides is 1. The summed E-state index contributed by atoms with van der Waals surface area (Å²) in [7, 11) is 0. The second kappa shape index (κ2) is 11.7. The molecule has 7 heteroatoms. The highest BCUT2D eigenvalue weighted by atomic mass is 127. The van der Waals surface area contributed by atoms with Crippen LogP contribution in [0.4, 0.5) is 0 Å². The van der Waals surface area contributed by atoms with Gasteiger partial charge in [-0.3, -0.25) is 4.79 Å². The van der Waals surface area contributed by atoms with Gasteiger partial charge >= 0.3 is 0 Å². The molecule has 0 spiro atoms. The second-order valence-corrected chi connectivity index (χ2v) is 6.91. The molecule has 1 aliphatic heterocycles. The van der Waals surface area contributed by atoms with Crippen molar-refractivity contribution in [1.29, 1.82) is 0 Å². The molecule has 0 bridgehead atoms. The summed E-state index contributed by atoms with van der Waals surface area (Å²) in [5.74, 6) is 1.28. The number of likely N-dealkylation sites (tertiary alicyclic amines) is 1. The number of hydrogen-bond donors (Lipinski definition) is 2. The van der Waals surface area contributed by atoms with E-state index in [9.17, 15) is 4.79 Å². The number of halogens is 1. The van der Waals surface area contributed by atoms with Crippen molar-refractivity contribution in [2.45, 2.75) is 39.0 Å². The molecule has 1 aliphatic rings. The maximum atomic E-state index is 12.2. The number of aliphatic imine (C=N–C) groups is 1. The SMILES string of the molecule is CCNC(=NCC(=O)N1CCCCC1)NCC(C)c1cccs1.I. The number of carbonyl (C=O) groups excluding carboxylic acids is 1. The molecular weight excluding hydrogens is 435 g/mol. The predicted molar refractivity (Wildman–Crippen MR) is 113 cm³/mol. The molecule has 1 aromatic heterocycles. The number of nitrogens with one attached hydrogen (secondary N) is 2. The predicted octanol–water partition coefficient (Wildman–Crippen LogP) is 3.04. The molecule has 2 N–H and O–H groups in total. The molecule has 1 fully saturated rings. The third-order valence-electron chi connectivity index (χ3n) is 4.03. The summed E-state index contributed by atoms with van der Waals surface area (Å²) >= 11 is 1.77. The van der Waals surface area contributed by atoms with E-state index < -0.39 is 0 Å². The van der Waals surface area contributed by atoms with Gasteiger partial charge in [0.2, 0.25) is 5.91 Å². The Hall–Kier alpha value is -0.830. The minimum absolute atomic E-state index is 0. The number of thiophene rings is 1. The van der Waals surface area contributed by atoms with Gasteiger partial charge in [0.25, 0.3) is 0 Å². The van der Waals surface area contributed by atoms with Crippen molar-refractivity contribution in [3.05, 3.63) is 22.4 Å². The first-order valence-corrected chi connectivity index (χ1v) is 9.42. The number of guanidine groups is 1. The second-order valence-electron chi connectivity index (χ2n) is 5.93. The summed E-state index contributed by atoms with van der Waals surface area (Å²) in [4.78, 5) is 19.9. The Morgan fingerprint density at radius 3 is 2.71 bits per heavy atom. The molecule has 1 aromatic rings. The van der Waals surface area contributed by atoms with Crippen LogP contribution in [0.15, 0.2) is 22.5 Å². The van der Waals surface area contributed by atoms with Gasteiger partial charge in [-0.1, -0.05) is 13.0 Å². The van der Waals surface area contributed by atoms with E-state index >= 15 is 0 Å². The van der Waals surface area contributed by atoms with Gasteiger partial charge in [-0.05, 0) is 37.6 Å². The van der Waals surface area contributed by atoms with Gasteiger partial charge in [0.1, 0.15) is 6.54 Å². The van der Waals surface area contributed by atoms with Crippen molar-refractivity contribution < 1.29 is 4.79 Å². The fraction of sp³-hybridized carbons (Fsp3) is 0.647. The van der Waals surface area contributed by atoms with Crippen molar-refractivity contribution in [3.8, 4) is 0 Å². The first-order valence-electron chi connectivity index (χ1n) is 8.54. The van der Waals surface area contributed by atoms with E-state index in [1.807, 2.05) is 11.8 Å². The molecule has 1 amide bonds. The summed E-state index contributed by atoms with van der Waals surface area (Å²) in [5.41, 5.74) is 0. The Morgan fingerprint density at radius 1 is 1.33 bits per heavy atom. The molecule has 136 valence electrons. The lowest BCUT2D eigenvalue weighted by atomic mass is 10.1. The number of rotatable bonds is 6. The Balaban J connectivity index is 0.00000288. The monoisotopic (exact) mass is 464 g/mol. The van der Waals surface area contributed by atoms with Gasteiger partial charge in [-0.15, -0.1) is 35.3 Å². The van der Waals surface area contributed by atoms with Crippen molar-refractivity contribution in [3.63, 3.8) is 0 Å². The summed E-state index contributed by atoms with van der Waals surface area (Å²) < 4.78 is 0. The van der Waals surface area contributed by atoms with E-state index in [0.717, 1.165) is 45.0 Å². The van der Waals surface area contributed by atoms with Gasteiger partial charge in [0, 0.05) is 37.0 Å². The quantitative estimate of drug-likeness (QED) is 0.387. The highest BCUT2D eigenvalue weighted by molar-refractivity contribution is 14.0. The lowest BCUT2D eigenvalue weighted by Crippen LogP contribution is -2.41. The van der Waals surface area contributed by atoms with Gasteiger partial charge < -0.3 is 15.5 Å². The number of piperidine rings is 1. The van der Waals surface area contributed by atoms with E-state index in [0.29, 0.717) is 5.92 Å². The molecule has 1 atom stereocenters. The van der Waals surface area contributed by atoms with E-state index in [4.69, 9.17) is 0 Å². The van der Waals surface area contributed by atoms with E-state index in [-0.39, 0.29) is 36.4 Å². The van der Waals surface area contributed by atoms with Crippen LogP contribution in [0.25, 0.3) is 0 Å². The minimum Gasteiger partial charge on any atom is -0.357 e. The number of nitrogens with zero attached hydrogens (tertiary/aromatic N) is 2. The van der Waals surface area contributed by atoms with Crippen molar-refractivity contribution in [2.24, 2.45) is 4.99 Å². The van der Waals surface area contributed by atoms with Crippen LogP contribution in [0, 0.1) is 0 Å². The highest BCUT2D eigenvalue weighted by Gasteiger charge is 2.16. The summed E-state index contributed by atoms with van der Waals surface area (Å²) in [6, 6.07) is 4.23. The lowest BCUT2D eigenvalue weighted by Gasteiger charge is -2.26. The molecule has 0 radical (unpaired) electrons. The Kier molecular flexibility index (Phi) is 10.3. The first-order chi connectivity index (χ1) is 11.2. The van der Waals surface area contributed by atoms with Crippen LogP contribution in [0.2, 0.25) is 0 Å². The van der Waals surface area contributed by atoms with Gasteiger partial charge in [0.15, 0.2) is 5.96 Å². The van der Waals surface area contributed by atoms with Crippen LogP contribution in [0.3, 0.4) is 0 Å². The van der Waals surface area contributed by atoms with Crippen LogP contribution >= 0.6 is 35.3 Å². The van der Waals surface area contributed by atoms with E-state index in [1.165, 1.54) is 11.3 Å². The standard InChI is InChI=1S/C17H28N4OS.HI/c1-3-18-17(19-12-14(2)15-8-7-11-23-15)20-13-16(22)21-9-5-4-6-10-21;/h7-8,11,14H,3-6,9-10,12-13H2,1-2H3,(H2,18,19,20);1H. The average Bonchev–Trinajstić information content (AvgIpc) is 3.12. The van der Waals surface area contributed by atoms with Crippen LogP contribution in [-0.4, -0.2) is 49.5 Å². The molecule has 2 heterocycles. The third kappa shape index (κ3) is 6.96. The molecule has 1 saturated heterocycles. The zero-order chi connectivity index (χ0) is 16.5. The summed E-state index contributed by atoms with van der Waals surface area (Å²) in [6.07, 6.45) is 3.47. The van der Waals surface area contributed by atoms with Crippen LogP contribution < -0.4 is 10.6 Å². The van der Waals surface area contributed by atoms with Gasteiger partial charge in [-0.25, -0.2) is 4.99 Å². The average molecular weight is 464 g/mol. The van der Waals surface area contributed by atoms with Crippen molar-refractivity contribution >= 4 is 47.2 Å². The maximum Gasteiger partial charge on any atom is 0.244 e. The van der Waals surface area contributed by atoms with Crippen molar-refractivity contribution in [2.75, 3.05) is 32.7 Å². The van der Waals surface area contributed by atoms with Crippen LogP contribution in [0.5, 0.6) is 0 Å². The zero-order valence-corrected chi connectivity index (χ0v) is 17.7. The first kappa shape index (κ1) is 21.2. The fourth-order valence-corrected chi connectivity index (χ4v) is 3.44. The summed E-state index contributed by atoms with van der Waals surface area (Å²) in [5, 5.41) is 8.65. The van der Waals surface area contributed by atoms with Crippen LogP contribution in [-0.2, 0) is 4.79 Å². The zero-order valence-electron chi connectivity index (χ0n) is 14.6. The van der Waals surface area contributed by atoms with E-state index in [2.05, 4.69) is 40.1 Å². The highest BCUT2D eigenvalue weighted by Crippen LogP contribution is 2.19. The number of hydrogen-bond acceptors (Lipinski definition) is 3. The molecule has 24 heavy (non-hydrogen) atoms. The Bertz CT molecular complexity index is 501. The minimum atomic E-state index is 0. The smallest absolute Gasteiger partial charge is 0.244 e. The molecule has 2 rings (SSSR count). The molecular formula is C17H29IN4OS. The number of carbonyl (C=O) groups is 1. The molecule has 5 nitrogen and oxygen atoms in total. The molecule has 0 saturated carbocycles. The molecule has 0 aliphatic carbocycles. The third-order valence-corrected chi connectivity index (χ3v) is 5.13. The fourth-order valence-electron chi connectivity index (χ4n) is 2.65. The molecule has 0 aromatic carbocycles. The largest absolute Gasteiger partial charge is 0.357 e. The maximum absolute atomic E-state index is 12.2. The summed E-state index contributed by atoms with van der Waals surface area (Å²) in [6.45, 7) is 7.82. The Morgan fingerprint density at radius 2 is 2.08 bits per heavy atom. The normalized spacial score (nSPS) is 16.2.